The van der Waals surface area contributed by atoms with Gasteiger partial charge in [0.25, 0.3) is 0 Å². The second-order valence-electron chi connectivity index (χ2n) is 34.6. The van der Waals surface area contributed by atoms with Crippen molar-refractivity contribution in [3.63, 3.8) is 0 Å². The normalized spacial score (nSPS) is 12.1. The number of nitrogens with zero attached hydrogens (tertiary/aromatic N) is 3. The van der Waals surface area contributed by atoms with Crippen LogP contribution in [0.25, 0.3) is 272 Å². The SMILES string of the molecule is c1cc(-c2cccc3c2oc2ccccc23)cc(-n2c3ccccc3c3c4c5ccccc5sc4c4c5ccccc5sc4c32)c1.c1ccc(-c2cccc(-c3cccc(-n4c5ccccc5c5c6c7ccccc7sc6c6c7ccccc7sc6c54)c3)c2)cc1.c1ccc(-c2ccccc2-c2cccc(-n3c4ccccc4c4c5ccccc5c5c6ccccc6sc5c43)c2)cc1. The Morgan fingerprint density at radius 2 is 0.459 bits per heavy atom. The molecule has 620 valence electrons. The van der Waals surface area contributed by atoms with E-state index in [2.05, 4.69) is 450 Å². The molecule has 0 radical (unpaired) electrons. The molecule has 0 aliphatic heterocycles. The Labute approximate surface area is 782 Å². The maximum absolute atomic E-state index is 6.48. The summed E-state index contributed by atoms with van der Waals surface area (Å²) in [6.07, 6.45) is 0. The molecule has 0 unspecified atom stereocenters. The lowest BCUT2D eigenvalue weighted by Gasteiger charge is -2.14. The number of thiophene rings is 5. The van der Waals surface area contributed by atoms with Gasteiger partial charge in [0.15, 0.2) is 0 Å². The van der Waals surface area contributed by atoms with Crippen molar-refractivity contribution in [3.8, 4) is 72.7 Å². The van der Waals surface area contributed by atoms with Crippen molar-refractivity contribution in [1.29, 1.82) is 0 Å². The van der Waals surface area contributed by atoms with Crippen molar-refractivity contribution in [2.24, 2.45) is 0 Å². The van der Waals surface area contributed by atoms with Crippen molar-refractivity contribution in [1.82, 2.24) is 13.7 Å². The average Bonchev–Trinajstić information content (AvgIpc) is 1.54. The molecule has 0 saturated carbocycles. The molecule has 0 amide bonds. The molecule has 4 nitrogen and oxygen atoms in total. The van der Waals surface area contributed by atoms with E-state index in [-0.39, 0.29) is 0 Å². The van der Waals surface area contributed by atoms with Crippen molar-refractivity contribution in [2.45, 2.75) is 0 Å². The van der Waals surface area contributed by atoms with E-state index in [1.165, 1.54) is 233 Å². The summed E-state index contributed by atoms with van der Waals surface area (Å²) in [5.74, 6) is 0. The fraction of sp³-hybridized carbons (Fsp3) is 0. The Hall–Kier alpha value is -15.8. The number of rotatable bonds is 8. The molecule has 21 aromatic carbocycles. The van der Waals surface area contributed by atoms with E-state index >= 15 is 0 Å². The number of benzene rings is 21. The minimum Gasteiger partial charge on any atom is -0.455 e. The third kappa shape index (κ3) is 11.7. The summed E-state index contributed by atoms with van der Waals surface area (Å²) in [4.78, 5) is 0. The van der Waals surface area contributed by atoms with Gasteiger partial charge in [-0.15, -0.1) is 56.7 Å². The van der Waals surface area contributed by atoms with Crippen LogP contribution < -0.4 is 0 Å². The van der Waals surface area contributed by atoms with Crippen LogP contribution in [0.4, 0.5) is 0 Å². The Morgan fingerprint density at radius 1 is 0.165 bits per heavy atom. The van der Waals surface area contributed by atoms with Crippen molar-refractivity contribution in [2.75, 3.05) is 0 Å². The molecule has 0 aliphatic rings. The van der Waals surface area contributed by atoms with E-state index in [0.717, 1.165) is 38.8 Å². The van der Waals surface area contributed by atoms with Gasteiger partial charge in [-0.2, -0.15) is 0 Å². The molecule has 9 heteroatoms. The van der Waals surface area contributed by atoms with Crippen LogP contribution in [0, 0.1) is 0 Å². The molecule has 0 saturated heterocycles. The maximum Gasteiger partial charge on any atom is 0.143 e. The van der Waals surface area contributed by atoms with Crippen LogP contribution in [0.5, 0.6) is 0 Å². The zero-order valence-corrected chi connectivity index (χ0v) is 75.5. The molecule has 9 aromatic heterocycles. The highest BCUT2D eigenvalue weighted by Crippen LogP contribution is 2.56. The molecule has 0 aliphatic carbocycles. The quantitative estimate of drug-likeness (QED) is 0.149. The van der Waals surface area contributed by atoms with Crippen LogP contribution in [-0.2, 0) is 0 Å². The smallest absolute Gasteiger partial charge is 0.143 e. The third-order valence-corrected chi connectivity index (χ3v) is 33.2. The molecule has 9 heterocycles. The minimum absolute atomic E-state index is 0.919. The first-order valence-corrected chi connectivity index (χ1v) is 49.2. The highest BCUT2D eigenvalue weighted by Gasteiger charge is 2.29. The topological polar surface area (TPSA) is 27.9 Å². The molecule has 0 fully saturated rings. The first-order chi connectivity index (χ1) is 66.0. The second kappa shape index (κ2) is 30.4. The Kier molecular flexibility index (Phi) is 17.4. The van der Waals surface area contributed by atoms with Gasteiger partial charge in [-0.05, 0) is 158 Å². The maximum atomic E-state index is 6.48. The summed E-state index contributed by atoms with van der Waals surface area (Å²) in [6, 6.07) is 161. The number of para-hydroxylation sites is 5. The van der Waals surface area contributed by atoms with Crippen LogP contribution in [0.2, 0.25) is 0 Å². The van der Waals surface area contributed by atoms with Crippen molar-refractivity contribution < 1.29 is 4.42 Å². The van der Waals surface area contributed by atoms with Gasteiger partial charge >= 0.3 is 0 Å². The van der Waals surface area contributed by atoms with E-state index in [1.807, 2.05) is 62.8 Å². The van der Waals surface area contributed by atoms with Crippen molar-refractivity contribution in [3.05, 3.63) is 443 Å². The fourth-order valence-corrected chi connectivity index (χ4v) is 28.1. The zero-order chi connectivity index (χ0) is 87.0. The van der Waals surface area contributed by atoms with Gasteiger partial charge in [0.1, 0.15) is 11.2 Å². The number of fused-ring (bicyclic) bond motifs is 37. The monoisotopic (exact) mass is 1780 g/mol. The molecule has 30 aromatic rings. The van der Waals surface area contributed by atoms with E-state index < -0.39 is 0 Å². The lowest BCUT2D eigenvalue weighted by atomic mass is 9.94. The van der Waals surface area contributed by atoms with Gasteiger partial charge in [-0.25, -0.2) is 0 Å². The number of aromatic nitrogens is 3. The van der Waals surface area contributed by atoms with E-state index in [9.17, 15) is 0 Å². The first kappa shape index (κ1) is 76.1. The standard InChI is InChI=1S/C42H23NOS2.C42H25NS2.C40H25NS/c1-5-19-32-29(14-1)36-37-30-15-3-7-21-34(30)45-41(37)38-31-16-4-8-22-35(31)46-42(38)39(36)43(32)25-12-9-11-24(23-25)26-17-10-18-28-27-13-2-6-20-33(27)44-40(26)28;1-2-12-26(13-3-1)27-14-10-15-28(24-27)29-16-11-17-30(25-29)43-34-21-7-4-18-31(34)37-38-32-19-5-8-22-35(32)44-41(38)39-33-20-6-9-23-36(33)45-42(39)40(37)43;1-2-13-26(14-3-1)29-17-4-5-18-30(29)27-15-12-16-28(25-27)41-35-23-10-8-21-33(35)37-31-19-6-7-20-32(31)38-34-22-9-11-24-36(34)42-40(38)39(37)41/h1-23H;1-25H;1-25H. The highest BCUT2D eigenvalue weighted by atomic mass is 32.1. The predicted octanol–water partition coefficient (Wildman–Crippen LogP) is 37.6. The van der Waals surface area contributed by atoms with E-state index in [4.69, 9.17) is 4.42 Å². The van der Waals surface area contributed by atoms with Crippen LogP contribution in [-0.4, -0.2) is 13.7 Å². The third-order valence-electron chi connectivity index (χ3n) is 27.3. The highest BCUT2D eigenvalue weighted by molar-refractivity contribution is 7.31. The first-order valence-electron chi connectivity index (χ1n) is 45.2. The van der Waals surface area contributed by atoms with Crippen molar-refractivity contribution >= 4 is 256 Å². The summed E-state index contributed by atoms with van der Waals surface area (Å²) in [7, 11) is 0. The van der Waals surface area contributed by atoms with Gasteiger partial charge in [0.2, 0.25) is 0 Å². The Balaban J connectivity index is 0.0000000997. The van der Waals surface area contributed by atoms with E-state index in [0.29, 0.717) is 0 Å². The van der Waals surface area contributed by atoms with E-state index in [1.54, 1.807) is 0 Å². The average molecular weight is 1780 g/mol. The molecule has 0 N–H and O–H groups in total. The molecule has 0 spiro atoms. The van der Waals surface area contributed by atoms with Crippen LogP contribution in [0.1, 0.15) is 0 Å². The van der Waals surface area contributed by atoms with Gasteiger partial charge in [-0.1, -0.05) is 346 Å². The molecule has 0 bridgehead atoms. The van der Waals surface area contributed by atoms with Gasteiger partial charge < -0.3 is 18.1 Å². The number of furan rings is 1. The molecular formula is C124H73N3OS5. The van der Waals surface area contributed by atoms with Crippen LogP contribution in [0.3, 0.4) is 0 Å². The van der Waals surface area contributed by atoms with Crippen LogP contribution in [0.15, 0.2) is 447 Å². The predicted molar refractivity (Wildman–Crippen MR) is 579 cm³/mol. The van der Waals surface area contributed by atoms with Gasteiger partial charge in [0, 0.05) is 152 Å². The summed E-state index contributed by atoms with van der Waals surface area (Å²) in [6.45, 7) is 0. The number of hydrogen-bond acceptors (Lipinski definition) is 6. The summed E-state index contributed by atoms with van der Waals surface area (Å²) in [5.41, 5.74) is 25.0. The molecule has 30 rings (SSSR count). The minimum atomic E-state index is 0.919. The lowest BCUT2D eigenvalue weighted by Crippen LogP contribution is -1.95. The van der Waals surface area contributed by atoms with Gasteiger partial charge in [-0.3, -0.25) is 0 Å². The zero-order valence-electron chi connectivity index (χ0n) is 71.4. The summed E-state index contributed by atoms with van der Waals surface area (Å²) < 4.78 is 27.5. The van der Waals surface area contributed by atoms with Crippen LogP contribution >= 0.6 is 56.7 Å². The molecule has 133 heavy (non-hydrogen) atoms. The molecule has 0 atom stereocenters. The summed E-state index contributed by atoms with van der Waals surface area (Å²) >= 11 is 9.62. The Bertz CT molecular complexity index is 10100. The summed E-state index contributed by atoms with van der Waals surface area (Å²) in [5, 5.41) is 26.4. The fourth-order valence-electron chi connectivity index (χ4n) is 21.7. The number of hydrogen-bond donors (Lipinski definition) is 0. The Morgan fingerprint density at radius 3 is 0.955 bits per heavy atom. The molecular weight excluding hydrogens is 1710 g/mol. The second-order valence-corrected chi connectivity index (χ2v) is 39.8. The van der Waals surface area contributed by atoms with Gasteiger partial charge in [0.05, 0.1) is 47.2 Å². The lowest BCUT2D eigenvalue weighted by molar-refractivity contribution is 0.670. The largest absolute Gasteiger partial charge is 0.455 e.